The first-order valence-corrected chi connectivity index (χ1v) is 13.4. The van der Waals surface area contributed by atoms with Crippen molar-refractivity contribution in [1.82, 2.24) is 14.9 Å². The molecule has 0 radical (unpaired) electrons. The number of fused-ring (bicyclic) bond motifs is 1. The summed E-state index contributed by atoms with van der Waals surface area (Å²) in [7, 11) is -0.0483. The second-order valence-electron chi connectivity index (χ2n) is 8.73. The van der Waals surface area contributed by atoms with E-state index >= 15 is 0 Å². The Morgan fingerprint density at radius 2 is 1.66 bits per heavy atom. The molecule has 1 heterocycles. The van der Waals surface area contributed by atoms with Crippen molar-refractivity contribution in [3.05, 3.63) is 88.7 Å². The van der Waals surface area contributed by atoms with E-state index in [4.69, 9.17) is 4.74 Å². The molecule has 0 aliphatic carbocycles. The van der Waals surface area contributed by atoms with Crippen LogP contribution in [0.15, 0.2) is 65.6 Å². The van der Waals surface area contributed by atoms with Crippen LogP contribution in [0.5, 0.6) is 5.75 Å². The van der Waals surface area contributed by atoms with Crippen LogP contribution in [-0.2, 0) is 36.0 Å². The summed E-state index contributed by atoms with van der Waals surface area (Å²) in [5.74, 6) is 0.658. The minimum atomic E-state index is -4.40. The van der Waals surface area contributed by atoms with Crippen molar-refractivity contribution >= 4 is 26.8 Å². The van der Waals surface area contributed by atoms with Gasteiger partial charge < -0.3 is 14.6 Å². The molecule has 1 aromatic heterocycles. The molecule has 0 saturated carbocycles. The molecule has 0 bridgehead atoms. The number of hydrogen-bond donors (Lipinski definition) is 1. The van der Waals surface area contributed by atoms with Crippen LogP contribution < -0.4 is 10.1 Å². The summed E-state index contributed by atoms with van der Waals surface area (Å²) in [6.45, 7) is 1.76. The number of amides is 1. The Hall–Kier alpha value is -3.86. The highest BCUT2D eigenvalue weighted by Gasteiger charge is 2.30. The number of halogens is 3. The number of benzene rings is 3. The van der Waals surface area contributed by atoms with Crippen LogP contribution in [0.3, 0.4) is 0 Å². The Morgan fingerprint density at radius 1 is 1.03 bits per heavy atom. The molecule has 0 aliphatic heterocycles. The second-order valence-corrected chi connectivity index (χ2v) is 11.0. The van der Waals surface area contributed by atoms with Gasteiger partial charge in [0.05, 0.1) is 28.8 Å². The number of methoxy groups -OCH3 is 1. The third-order valence-corrected chi connectivity index (χ3v) is 8.02. The number of carbonyl (C=O) groups is 1. The van der Waals surface area contributed by atoms with Gasteiger partial charge in [-0.3, -0.25) is 4.79 Å². The molecule has 4 rings (SSSR count). The van der Waals surface area contributed by atoms with Crippen molar-refractivity contribution in [3.8, 4) is 5.75 Å². The highest BCUT2D eigenvalue weighted by Crippen LogP contribution is 2.31. The molecule has 7 nitrogen and oxygen atoms in total. The number of rotatable bonds is 8. The van der Waals surface area contributed by atoms with Gasteiger partial charge in [0.2, 0.25) is 0 Å². The molecule has 11 heteroatoms. The van der Waals surface area contributed by atoms with Gasteiger partial charge in [0.25, 0.3) is 5.91 Å². The van der Waals surface area contributed by atoms with Crippen LogP contribution in [-0.4, -0.2) is 36.7 Å². The first kappa shape index (κ1) is 27.2. The number of aromatic nitrogens is 2. The molecule has 0 aliphatic rings. The minimum absolute atomic E-state index is 0.00691. The van der Waals surface area contributed by atoms with E-state index in [0.29, 0.717) is 33.7 Å². The van der Waals surface area contributed by atoms with Crippen molar-refractivity contribution in [2.45, 2.75) is 31.0 Å². The van der Waals surface area contributed by atoms with E-state index in [1.807, 2.05) is 0 Å². The molecule has 0 atom stereocenters. The van der Waals surface area contributed by atoms with Crippen LogP contribution >= 0.6 is 0 Å². The van der Waals surface area contributed by atoms with Gasteiger partial charge in [-0.1, -0.05) is 31.2 Å². The lowest BCUT2D eigenvalue weighted by atomic mass is 10.1. The Balaban J connectivity index is 1.54. The van der Waals surface area contributed by atoms with E-state index in [9.17, 15) is 26.4 Å². The fourth-order valence-corrected chi connectivity index (χ4v) is 4.95. The Labute approximate surface area is 218 Å². The molecule has 3 aromatic carbocycles. The summed E-state index contributed by atoms with van der Waals surface area (Å²) in [5.41, 5.74) is 2.15. The number of imidazole rings is 1. The summed E-state index contributed by atoms with van der Waals surface area (Å²) >= 11 is 0. The van der Waals surface area contributed by atoms with E-state index in [1.165, 1.54) is 31.4 Å². The standard InChI is InChI=1S/C27H26F3N3O4S/c1-4-38(35,36)21-11-7-18(8-12-21)16-31-26(34)19-14-22-25(23(15-19)37-3)33(2)24(32-22)13-17-5-9-20(10-6-17)27(28,29)30/h5-12,14-15H,4,13,16H2,1-3H3,(H,31,34). The monoisotopic (exact) mass is 545 g/mol. The largest absolute Gasteiger partial charge is 0.494 e. The molecule has 0 unspecified atom stereocenters. The van der Waals surface area contributed by atoms with Gasteiger partial charge >= 0.3 is 6.18 Å². The first-order chi connectivity index (χ1) is 17.9. The van der Waals surface area contributed by atoms with Crippen molar-refractivity contribution in [3.63, 3.8) is 0 Å². The summed E-state index contributed by atoms with van der Waals surface area (Å²) in [4.78, 5) is 17.8. The van der Waals surface area contributed by atoms with Crippen molar-refractivity contribution < 1.29 is 31.1 Å². The van der Waals surface area contributed by atoms with Crippen LogP contribution in [0.4, 0.5) is 13.2 Å². The topological polar surface area (TPSA) is 90.3 Å². The molecule has 0 fully saturated rings. The maximum Gasteiger partial charge on any atom is 0.416 e. The SMILES string of the molecule is CCS(=O)(=O)c1ccc(CNC(=O)c2cc(OC)c3c(c2)nc(Cc2ccc(C(F)(F)F)cc2)n3C)cc1. The highest BCUT2D eigenvalue weighted by atomic mass is 32.2. The van der Waals surface area contributed by atoms with Gasteiger partial charge in [0.1, 0.15) is 17.1 Å². The Bertz CT molecular complexity index is 1580. The molecular weight excluding hydrogens is 519 g/mol. The number of ether oxygens (including phenoxy) is 1. The van der Waals surface area contributed by atoms with Crippen LogP contribution in [0.1, 0.15) is 39.8 Å². The fraction of sp³-hybridized carbons (Fsp3) is 0.259. The fourth-order valence-electron chi connectivity index (χ4n) is 4.06. The molecule has 38 heavy (non-hydrogen) atoms. The normalized spacial score (nSPS) is 12.1. The molecule has 0 spiro atoms. The van der Waals surface area contributed by atoms with Gasteiger partial charge in [-0.2, -0.15) is 13.2 Å². The Morgan fingerprint density at radius 3 is 2.24 bits per heavy atom. The predicted octanol–water partition coefficient (Wildman–Crippen LogP) is 4.92. The number of sulfone groups is 1. The zero-order chi connectivity index (χ0) is 27.7. The number of nitrogens with one attached hydrogen (secondary N) is 1. The van der Waals surface area contributed by atoms with E-state index in [1.54, 1.807) is 42.8 Å². The van der Waals surface area contributed by atoms with Crippen LogP contribution in [0, 0.1) is 0 Å². The van der Waals surface area contributed by atoms with Gasteiger partial charge in [-0.05, 0) is 47.5 Å². The third-order valence-electron chi connectivity index (χ3n) is 6.27. The molecule has 1 amide bonds. The first-order valence-electron chi connectivity index (χ1n) is 11.7. The highest BCUT2D eigenvalue weighted by molar-refractivity contribution is 7.91. The van der Waals surface area contributed by atoms with Crippen LogP contribution in [0.2, 0.25) is 0 Å². The summed E-state index contributed by atoms with van der Waals surface area (Å²) in [6, 6.07) is 14.5. The summed E-state index contributed by atoms with van der Waals surface area (Å²) < 4.78 is 69.9. The maximum absolute atomic E-state index is 12.9. The molecule has 200 valence electrons. The second kappa shape index (κ2) is 10.5. The average molecular weight is 546 g/mol. The predicted molar refractivity (Wildman–Crippen MR) is 137 cm³/mol. The zero-order valence-electron chi connectivity index (χ0n) is 21.0. The van der Waals surface area contributed by atoms with Gasteiger partial charge in [0.15, 0.2) is 9.84 Å². The summed E-state index contributed by atoms with van der Waals surface area (Å²) in [5, 5.41) is 2.81. The lowest BCUT2D eigenvalue weighted by molar-refractivity contribution is -0.137. The molecule has 0 saturated heterocycles. The molecular formula is C27H26F3N3O4S. The number of nitrogens with zero attached hydrogens (tertiary/aromatic N) is 2. The van der Waals surface area contributed by atoms with Crippen molar-refractivity contribution in [1.29, 1.82) is 0 Å². The number of alkyl halides is 3. The average Bonchev–Trinajstić information content (AvgIpc) is 3.21. The summed E-state index contributed by atoms with van der Waals surface area (Å²) in [6.07, 6.45) is -4.11. The number of aryl methyl sites for hydroxylation is 1. The molecule has 4 aromatic rings. The third kappa shape index (κ3) is 5.67. The van der Waals surface area contributed by atoms with Gasteiger partial charge in [0, 0.05) is 25.6 Å². The lowest BCUT2D eigenvalue weighted by Crippen LogP contribution is -2.22. The van der Waals surface area contributed by atoms with E-state index < -0.39 is 21.6 Å². The van der Waals surface area contributed by atoms with E-state index in [0.717, 1.165) is 17.7 Å². The van der Waals surface area contributed by atoms with E-state index in [2.05, 4.69) is 10.3 Å². The minimum Gasteiger partial charge on any atom is -0.494 e. The van der Waals surface area contributed by atoms with Gasteiger partial charge in [-0.25, -0.2) is 13.4 Å². The quantitative estimate of drug-likeness (QED) is 0.340. The lowest BCUT2D eigenvalue weighted by Gasteiger charge is -2.10. The maximum atomic E-state index is 12.9. The smallest absolute Gasteiger partial charge is 0.416 e. The van der Waals surface area contributed by atoms with E-state index in [-0.39, 0.29) is 29.5 Å². The van der Waals surface area contributed by atoms with Gasteiger partial charge in [-0.15, -0.1) is 0 Å². The van der Waals surface area contributed by atoms with Crippen molar-refractivity contribution in [2.24, 2.45) is 7.05 Å². The Kier molecular flexibility index (Phi) is 7.50. The number of carbonyl (C=O) groups excluding carboxylic acids is 1. The number of hydrogen-bond acceptors (Lipinski definition) is 5. The zero-order valence-corrected chi connectivity index (χ0v) is 21.8. The van der Waals surface area contributed by atoms with Crippen LogP contribution in [0.25, 0.3) is 11.0 Å². The molecule has 1 N–H and O–H groups in total. The van der Waals surface area contributed by atoms with Crippen molar-refractivity contribution in [2.75, 3.05) is 12.9 Å².